The second-order valence-electron chi connectivity index (χ2n) is 3.64. The molecule has 2 atom stereocenters. The van der Waals surface area contributed by atoms with E-state index in [1.54, 1.807) is 0 Å². The van der Waals surface area contributed by atoms with Crippen LogP contribution >= 0.6 is 0 Å². The van der Waals surface area contributed by atoms with Crippen LogP contribution in [0.25, 0.3) is 0 Å². The van der Waals surface area contributed by atoms with Crippen LogP contribution in [0.15, 0.2) is 0 Å². The van der Waals surface area contributed by atoms with Gasteiger partial charge >= 0.3 is 0 Å². The van der Waals surface area contributed by atoms with Gasteiger partial charge in [-0.05, 0) is 13.0 Å². The molecular formula is C9H20N2. The molecule has 1 saturated heterocycles. The molecule has 0 saturated carbocycles. The fourth-order valence-electron chi connectivity index (χ4n) is 1.73. The van der Waals surface area contributed by atoms with Crippen molar-refractivity contribution in [2.75, 3.05) is 26.7 Å². The molecule has 1 rings (SSSR count). The summed E-state index contributed by atoms with van der Waals surface area (Å²) < 4.78 is 0. The topological polar surface area (TPSA) is 15.3 Å². The molecule has 0 aliphatic carbocycles. The predicted molar refractivity (Wildman–Crippen MR) is 48.7 cm³/mol. The Balaban J connectivity index is 2.40. The van der Waals surface area contributed by atoms with Gasteiger partial charge in [0.1, 0.15) is 0 Å². The van der Waals surface area contributed by atoms with Crippen molar-refractivity contribution in [2.24, 2.45) is 5.92 Å². The highest BCUT2D eigenvalue weighted by Crippen LogP contribution is 2.13. The lowest BCUT2D eigenvalue weighted by Crippen LogP contribution is -2.51. The average Bonchev–Trinajstić information content (AvgIpc) is 2.04. The Hall–Kier alpha value is -0.0800. The van der Waals surface area contributed by atoms with E-state index in [0.29, 0.717) is 0 Å². The molecule has 11 heavy (non-hydrogen) atoms. The first-order valence-corrected chi connectivity index (χ1v) is 4.66. The van der Waals surface area contributed by atoms with Crippen molar-refractivity contribution in [3.63, 3.8) is 0 Å². The molecule has 0 radical (unpaired) electrons. The van der Waals surface area contributed by atoms with E-state index in [4.69, 9.17) is 0 Å². The highest BCUT2D eigenvalue weighted by Gasteiger charge is 2.22. The minimum atomic E-state index is 0.758. The second-order valence-corrected chi connectivity index (χ2v) is 3.64. The van der Waals surface area contributed by atoms with Crippen molar-refractivity contribution in [1.82, 2.24) is 10.2 Å². The summed E-state index contributed by atoms with van der Waals surface area (Å²) in [6, 6.07) is 0.758. The largest absolute Gasteiger partial charge is 0.314 e. The van der Waals surface area contributed by atoms with Gasteiger partial charge in [-0.3, -0.25) is 0 Å². The van der Waals surface area contributed by atoms with Gasteiger partial charge in [-0.25, -0.2) is 0 Å². The summed E-state index contributed by atoms with van der Waals surface area (Å²) in [5, 5.41) is 3.44. The fraction of sp³-hybridized carbons (Fsp3) is 1.00. The van der Waals surface area contributed by atoms with Crippen LogP contribution in [0.5, 0.6) is 0 Å². The van der Waals surface area contributed by atoms with Gasteiger partial charge in [0.05, 0.1) is 0 Å². The third-order valence-electron chi connectivity index (χ3n) is 2.86. The van der Waals surface area contributed by atoms with Gasteiger partial charge in [0.2, 0.25) is 0 Å². The van der Waals surface area contributed by atoms with Gasteiger partial charge in [-0.2, -0.15) is 0 Å². The highest BCUT2D eigenvalue weighted by atomic mass is 15.2. The van der Waals surface area contributed by atoms with Crippen molar-refractivity contribution in [3.05, 3.63) is 0 Å². The van der Waals surface area contributed by atoms with Crippen LogP contribution in [-0.4, -0.2) is 37.6 Å². The van der Waals surface area contributed by atoms with Crippen LogP contribution in [0.1, 0.15) is 20.3 Å². The normalized spacial score (nSPS) is 30.3. The van der Waals surface area contributed by atoms with Crippen molar-refractivity contribution >= 4 is 0 Å². The maximum absolute atomic E-state index is 3.44. The summed E-state index contributed by atoms with van der Waals surface area (Å²) in [6.07, 6.45) is 1.29. The van der Waals surface area contributed by atoms with Gasteiger partial charge in [-0.1, -0.05) is 20.3 Å². The third-order valence-corrected chi connectivity index (χ3v) is 2.86. The van der Waals surface area contributed by atoms with Crippen molar-refractivity contribution in [2.45, 2.75) is 26.3 Å². The number of likely N-dealkylation sites (N-methyl/N-ethyl adjacent to an activating group) is 1. The Labute approximate surface area is 70.0 Å². The second kappa shape index (κ2) is 4.07. The van der Waals surface area contributed by atoms with Gasteiger partial charge in [0.25, 0.3) is 0 Å². The third kappa shape index (κ3) is 2.17. The van der Waals surface area contributed by atoms with Gasteiger partial charge in [0.15, 0.2) is 0 Å². The number of rotatable bonds is 2. The number of hydrogen-bond acceptors (Lipinski definition) is 2. The monoisotopic (exact) mass is 156 g/mol. The summed E-state index contributed by atoms with van der Waals surface area (Å²) in [5.74, 6) is 0.827. The SMILES string of the molecule is CCC(C)C1CNCCN1C. The zero-order valence-electron chi connectivity index (χ0n) is 7.93. The number of nitrogens with zero attached hydrogens (tertiary/aromatic N) is 1. The first-order valence-electron chi connectivity index (χ1n) is 4.66. The molecule has 0 amide bonds. The Morgan fingerprint density at radius 2 is 2.36 bits per heavy atom. The van der Waals surface area contributed by atoms with Crippen molar-refractivity contribution in [3.8, 4) is 0 Å². The molecule has 66 valence electrons. The molecule has 2 heteroatoms. The zero-order valence-corrected chi connectivity index (χ0v) is 7.93. The summed E-state index contributed by atoms with van der Waals surface area (Å²) in [6.45, 7) is 8.14. The Bertz CT molecular complexity index is 110. The van der Waals surface area contributed by atoms with E-state index in [2.05, 4.69) is 31.1 Å². The average molecular weight is 156 g/mol. The number of nitrogens with one attached hydrogen (secondary N) is 1. The first kappa shape index (κ1) is 9.01. The van der Waals surface area contributed by atoms with E-state index in [-0.39, 0.29) is 0 Å². The maximum Gasteiger partial charge on any atom is 0.0243 e. The molecule has 0 bridgehead atoms. The first-order chi connectivity index (χ1) is 5.25. The Morgan fingerprint density at radius 1 is 1.64 bits per heavy atom. The van der Waals surface area contributed by atoms with Gasteiger partial charge < -0.3 is 10.2 Å². The van der Waals surface area contributed by atoms with Crippen LogP contribution < -0.4 is 5.32 Å². The van der Waals surface area contributed by atoms with E-state index < -0.39 is 0 Å². The van der Waals surface area contributed by atoms with E-state index in [1.165, 1.54) is 19.5 Å². The lowest BCUT2D eigenvalue weighted by atomic mass is 9.97. The molecule has 1 fully saturated rings. The lowest BCUT2D eigenvalue weighted by molar-refractivity contribution is 0.147. The minimum Gasteiger partial charge on any atom is -0.314 e. The molecular weight excluding hydrogens is 136 g/mol. The van der Waals surface area contributed by atoms with Crippen LogP contribution in [0.2, 0.25) is 0 Å². The fourth-order valence-corrected chi connectivity index (χ4v) is 1.73. The number of hydrogen-bond donors (Lipinski definition) is 1. The molecule has 2 nitrogen and oxygen atoms in total. The maximum atomic E-state index is 3.44. The molecule has 0 spiro atoms. The van der Waals surface area contributed by atoms with Crippen molar-refractivity contribution in [1.29, 1.82) is 0 Å². The molecule has 2 unspecified atom stereocenters. The van der Waals surface area contributed by atoms with Gasteiger partial charge in [0, 0.05) is 25.7 Å². The summed E-state index contributed by atoms with van der Waals surface area (Å²) in [5.41, 5.74) is 0. The standard InChI is InChI=1S/C9H20N2/c1-4-8(2)9-7-10-5-6-11(9)3/h8-10H,4-7H2,1-3H3. The van der Waals surface area contributed by atoms with E-state index in [0.717, 1.165) is 18.5 Å². The lowest BCUT2D eigenvalue weighted by Gasteiger charge is -2.36. The summed E-state index contributed by atoms with van der Waals surface area (Å²) in [4.78, 5) is 2.48. The van der Waals surface area contributed by atoms with Crippen molar-refractivity contribution < 1.29 is 0 Å². The molecule has 0 aromatic rings. The van der Waals surface area contributed by atoms with Crippen LogP contribution in [-0.2, 0) is 0 Å². The molecule has 0 aromatic heterocycles. The van der Waals surface area contributed by atoms with E-state index in [1.807, 2.05) is 0 Å². The Kier molecular flexibility index (Phi) is 3.34. The number of piperazine rings is 1. The smallest absolute Gasteiger partial charge is 0.0243 e. The van der Waals surface area contributed by atoms with Crippen LogP contribution in [0.4, 0.5) is 0 Å². The molecule has 1 heterocycles. The van der Waals surface area contributed by atoms with Gasteiger partial charge in [-0.15, -0.1) is 0 Å². The quantitative estimate of drug-likeness (QED) is 0.640. The predicted octanol–water partition coefficient (Wildman–Crippen LogP) is 0.936. The minimum absolute atomic E-state index is 0.758. The van der Waals surface area contributed by atoms with E-state index >= 15 is 0 Å². The molecule has 0 aromatic carbocycles. The summed E-state index contributed by atoms with van der Waals surface area (Å²) in [7, 11) is 2.23. The van der Waals surface area contributed by atoms with Crippen LogP contribution in [0.3, 0.4) is 0 Å². The Morgan fingerprint density at radius 3 is 2.91 bits per heavy atom. The highest BCUT2D eigenvalue weighted by molar-refractivity contribution is 4.80. The zero-order chi connectivity index (χ0) is 8.27. The summed E-state index contributed by atoms with van der Waals surface area (Å²) >= 11 is 0. The van der Waals surface area contributed by atoms with E-state index in [9.17, 15) is 0 Å². The molecule has 1 N–H and O–H groups in total. The van der Waals surface area contributed by atoms with Crippen LogP contribution in [0, 0.1) is 5.92 Å². The molecule has 1 aliphatic heterocycles. The molecule has 1 aliphatic rings.